The van der Waals surface area contributed by atoms with Crippen LogP contribution in [0.1, 0.15) is 38.4 Å². The van der Waals surface area contributed by atoms with Crippen LogP contribution in [-0.2, 0) is 5.54 Å². The quantitative estimate of drug-likeness (QED) is 0.850. The van der Waals surface area contributed by atoms with Crippen LogP contribution in [0.4, 0.5) is 0 Å². The zero-order valence-corrected chi connectivity index (χ0v) is 14.9. The van der Waals surface area contributed by atoms with Crippen LogP contribution in [0.3, 0.4) is 0 Å². The smallest absolute Gasteiger partial charge is 0.258 e. The van der Waals surface area contributed by atoms with Crippen molar-refractivity contribution in [3.05, 3.63) is 22.4 Å². The molecule has 0 spiro atoms. The number of aromatic nitrogens is 2. The summed E-state index contributed by atoms with van der Waals surface area (Å²) in [7, 11) is 1.60. The summed E-state index contributed by atoms with van der Waals surface area (Å²) >= 11 is 3.50. The molecule has 0 unspecified atom stereocenters. The number of benzene rings is 1. The normalized spacial score (nSPS) is 16.5. The summed E-state index contributed by atoms with van der Waals surface area (Å²) in [4.78, 5) is 4.51. The average Bonchev–Trinajstić information content (AvgIpc) is 3.19. The van der Waals surface area contributed by atoms with Gasteiger partial charge in [0.25, 0.3) is 5.89 Å². The van der Waals surface area contributed by atoms with E-state index in [1.54, 1.807) is 7.11 Å². The van der Waals surface area contributed by atoms with Gasteiger partial charge in [0.2, 0.25) is 0 Å². The number of rotatable bonds is 5. The molecule has 7 heteroatoms. The average molecular weight is 382 g/mol. The summed E-state index contributed by atoms with van der Waals surface area (Å²) in [6.45, 7) is 2.47. The lowest BCUT2D eigenvalue weighted by molar-refractivity contribution is 0.309. The van der Waals surface area contributed by atoms with Crippen molar-refractivity contribution in [1.29, 1.82) is 0 Å². The zero-order chi connectivity index (χ0) is 16.4. The number of halogens is 1. The maximum Gasteiger partial charge on any atom is 0.258 e. The van der Waals surface area contributed by atoms with Crippen LogP contribution in [0.2, 0.25) is 0 Å². The fourth-order valence-electron chi connectivity index (χ4n) is 2.90. The number of hydrogen-bond acceptors (Lipinski definition) is 6. The fourth-order valence-corrected chi connectivity index (χ4v) is 3.46. The monoisotopic (exact) mass is 381 g/mol. The summed E-state index contributed by atoms with van der Waals surface area (Å²) < 4.78 is 17.2. The molecule has 1 fully saturated rings. The van der Waals surface area contributed by atoms with Crippen LogP contribution >= 0.6 is 15.9 Å². The van der Waals surface area contributed by atoms with Crippen molar-refractivity contribution >= 4 is 15.9 Å². The maximum absolute atomic E-state index is 6.38. The Morgan fingerprint density at radius 2 is 2.09 bits per heavy atom. The number of nitrogens with two attached hydrogens (primary N) is 1. The molecule has 0 bridgehead atoms. The Balaban J connectivity index is 1.96. The van der Waals surface area contributed by atoms with Gasteiger partial charge in [0.15, 0.2) is 17.3 Å². The molecule has 0 radical (unpaired) electrons. The lowest BCUT2D eigenvalue weighted by Gasteiger charge is -2.17. The first-order valence-corrected chi connectivity index (χ1v) is 8.50. The van der Waals surface area contributed by atoms with Gasteiger partial charge in [0.05, 0.1) is 23.7 Å². The minimum Gasteiger partial charge on any atom is -0.493 e. The Labute approximate surface area is 143 Å². The molecule has 23 heavy (non-hydrogen) atoms. The van der Waals surface area contributed by atoms with Gasteiger partial charge in [0.1, 0.15) is 0 Å². The Morgan fingerprint density at radius 1 is 1.35 bits per heavy atom. The third-order valence-corrected chi connectivity index (χ3v) is 4.72. The molecule has 1 heterocycles. The van der Waals surface area contributed by atoms with E-state index >= 15 is 0 Å². The third-order valence-electron chi connectivity index (χ3n) is 4.13. The van der Waals surface area contributed by atoms with Crippen LogP contribution in [0.5, 0.6) is 11.5 Å². The van der Waals surface area contributed by atoms with E-state index in [0.717, 1.165) is 35.7 Å². The summed E-state index contributed by atoms with van der Waals surface area (Å²) in [6, 6.07) is 3.70. The predicted octanol–water partition coefficient (Wildman–Crippen LogP) is 3.63. The Morgan fingerprint density at radius 3 is 2.74 bits per heavy atom. The molecule has 1 aliphatic rings. The van der Waals surface area contributed by atoms with Crippen molar-refractivity contribution in [1.82, 2.24) is 10.1 Å². The second kappa shape index (κ2) is 6.49. The summed E-state index contributed by atoms with van der Waals surface area (Å²) in [6.07, 6.45) is 3.98. The molecule has 2 N–H and O–H groups in total. The SMILES string of the molecule is CCOc1c(Br)cc(-c2nc(C3(N)CCCC3)no2)cc1OC. The van der Waals surface area contributed by atoms with Gasteiger partial charge in [-0.25, -0.2) is 0 Å². The van der Waals surface area contributed by atoms with Gasteiger partial charge >= 0.3 is 0 Å². The van der Waals surface area contributed by atoms with Crippen molar-refractivity contribution in [3.63, 3.8) is 0 Å². The van der Waals surface area contributed by atoms with Crippen molar-refractivity contribution in [2.75, 3.05) is 13.7 Å². The largest absolute Gasteiger partial charge is 0.493 e. The molecule has 2 aromatic rings. The molecular formula is C16H20BrN3O3. The molecule has 1 aliphatic carbocycles. The Kier molecular flexibility index (Phi) is 4.59. The van der Waals surface area contributed by atoms with E-state index in [1.165, 1.54) is 0 Å². The second-order valence-electron chi connectivity index (χ2n) is 5.71. The molecule has 3 rings (SSSR count). The van der Waals surface area contributed by atoms with Crippen molar-refractivity contribution in [2.45, 2.75) is 38.1 Å². The van der Waals surface area contributed by atoms with Crippen LogP contribution < -0.4 is 15.2 Å². The van der Waals surface area contributed by atoms with Gasteiger partial charge in [-0.05, 0) is 47.8 Å². The van der Waals surface area contributed by atoms with Gasteiger partial charge in [-0.2, -0.15) is 4.98 Å². The van der Waals surface area contributed by atoms with Crippen LogP contribution in [0.25, 0.3) is 11.5 Å². The number of hydrogen-bond donors (Lipinski definition) is 1. The van der Waals surface area contributed by atoms with E-state index in [-0.39, 0.29) is 0 Å². The lowest BCUT2D eigenvalue weighted by atomic mass is 9.99. The van der Waals surface area contributed by atoms with Crippen LogP contribution in [0.15, 0.2) is 21.1 Å². The second-order valence-corrected chi connectivity index (χ2v) is 6.56. The van der Waals surface area contributed by atoms with Crippen molar-refractivity contribution < 1.29 is 14.0 Å². The highest BCUT2D eigenvalue weighted by atomic mass is 79.9. The van der Waals surface area contributed by atoms with E-state index < -0.39 is 5.54 Å². The molecule has 1 aromatic heterocycles. The number of nitrogens with zero attached hydrogens (tertiary/aromatic N) is 2. The highest BCUT2D eigenvalue weighted by Gasteiger charge is 2.36. The molecule has 124 valence electrons. The summed E-state index contributed by atoms with van der Waals surface area (Å²) in [5.74, 6) is 2.27. The van der Waals surface area contributed by atoms with E-state index in [0.29, 0.717) is 29.8 Å². The van der Waals surface area contributed by atoms with E-state index in [1.807, 2.05) is 19.1 Å². The molecule has 6 nitrogen and oxygen atoms in total. The van der Waals surface area contributed by atoms with E-state index in [9.17, 15) is 0 Å². The highest BCUT2D eigenvalue weighted by Crippen LogP contribution is 2.40. The Bertz CT molecular complexity index is 696. The third kappa shape index (κ3) is 3.07. The van der Waals surface area contributed by atoms with Crippen molar-refractivity contribution in [2.24, 2.45) is 5.73 Å². The molecule has 1 saturated carbocycles. The van der Waals surface area contributed by atoms with Crippen molar-refractivity contribution in [3.8, 4) is 23.0 Å². The van der Waals surface area contributed by atoms with E-state index in [2.05, 4.69) is 26.1 Å². The molecule has 0 saturated heterocycles. The van der Waals surface area contributed by atoms with Gasteiger partial charge < -0.3 is 19.7 Å². The van der Waals surface area contributed by atoms with Gasteiger partial charge in [-0.3, -0.25) is 0 Å². The zero-order valence-electron chi connectivity index (χ0n) is 13.3. The molecule has 0 atom stereocenters. The van der Waals surface area contributed by atoms with Crippen LogP contribution in [0, 0.1) is 0 Å². The Hall–Kier alpha value is -1.60. The first-order valence-electron chi connectivity index (χ1n) is 7.71. The minimum atomic E-state index is -0.464. The first-order chi connectivity index (χ1) is 11.1. The maximum atomic E-state index is 6.38. The van der Waals surface area contributed by atoms with Gasteiger partial charge in [0, 0.05) is 5.56 Å². The standard InChI is InChI=1S/C16H20BrN3O3/c1-3-22-13-11(17)8-10(9-12(13)21-2)14-19-15(20-23-14)16(18)6-4-5-7-16/h8-9H,3-7,18H2,1-2H3. The lowest BCUT2D eigenvalue weighted by Crippen LogP contribution is -2.34. The fraction of sp³-hybridized carbons (Fsp3) is 0.500. The molecule has 0 aliphatic heterocycles. The molecule has 0 amide bonds. The number of methoxy groups -OCH3 is 1. The molecular weight excluding hydrogens is 362 g/mol. The summed E-state index contributed by atoms with van der Waals surface area (Å²) in [5, 5.41) is 4.09. The predicted molar refractivity (Wildman–Crippen MR) is 89.5 cm³/mol. The number of ether oxygens (including phenoxy) is 2. The van der Waals surface area contributed by atoms with Gasteiger partial charge in [-0.1, -0.05) is 18.0 Å². The highest BCUT2D eigenvalue weighted by molar-refractivity contribution is 9.10. The summed E-state index contributed by atoms with van der Waals surface area (Å²) in [5.41, 5.74) is 6.68. The van der Waals surface area contributed by atoms with Gasteiger partial charge in [-0.15, -0.1) is 0 Å². The van der Waals surface area contributed by atoms with E-state index in [4.69, 9.17) is 19.7 Å². The first kappa shape index (κ1) is 16.3. The minimum absolute atomic E-state index is 0.429. The van der Waals surface area contributed by atoms with Crippen LogP contribution in [-0.4, -0.2) is 23.9 Å². The topological polar surface area (TPSA) is 83.4 Å². The molecule has 1 aromatic carbocycles.